The van der Waals surface area contributed by atoms with E-state index in [0.717, 1.165) is 64.0 Å². The maximum Gasteiger partial charge on any atom is 0.191 e. The van der Waals surface area contributed by atoms with Crippen LogP contribution in [0, 0.1) is 0 Å². The number of rotatable bonds is 7. The molecule has 2 aromatic rings. The van der Waals surface area contributed by atoms with Gasteiger partial charge in [-0.25, -0.2) is 0 Å². The van der Waals surface area contributed by atoms with Gasteiger partial charge in [-0.2, -0.15) is 0 Å². The first-order valence-electron chi connectivity index (χ1n) is 10.8. The molecule has 2 aliphatic rings. The normalized spacial score (nSPS) is 18.5. The molecule has 0 aliphatic carbocycles. The summed E-state index contributed by atoms with van der Waals surface area (Å²) in [7, 11) is 1.84. The summed E-state index contributed by atoms with van der Waals surface area (Å²) in [4.78, 5) is 9.43. The quantitative estimate of drug-likeness (QED) is 0.332. The average molecular weight is 523 g/mol. The summed E-state index contributed by atoms with van der Waals surface area (Å²) >= 11 is 0. The first-order chi connectivity index (χ1) is 14.3. The summed E-state index contributed by atoms with van der Waals surface area (Å²) < 4.78 is 5.71. The Kier molecular flexibility index (Phi) is 9.02. The molecule has 6 nitrogen and oxygen atoms in total. The van der Waals surface area contributed by atoms with Crippen LogP contribution >= 0.6 is 24.0 Å². The predicted molar refractivity (Wildman–Crippen MR) is 132 cm³/mol. The van der Waals surface area contributed by atoms with Crippen LogP contribution in [0.2, 0.25) is 0 Å². The Morgan fingerprint density at radius 1 is 1.07 bits per heavy atom. The van der Waals surface area contributed by atoms with Crippen molar-refractivity contribution < 1.29 is 4.42 Å². The number of aliphatic imine (C=N–C) groups is 1. The smallest absolute Gasteiger partial charge is 0.191 e. The van der Waals surface area contributed by atoms with Crippen molar-refractivity contribution in [3.05, 3.63) is 59.5 Å². The SMILES string of the molecule is CN=C(NCCN1CCc2ccccc2C1)NCC(c1ccco1)N1CCCC1.I. The van der Waals surface area contributed by atoms with Crippen LogP contribution in [0.15, 0.2) is 52.1 Å². The van der Waals surface area contributed by atoms with Crippen molar-refractivity contribution in [2.75, 3.05) is 46.3 Å². The Bertz CT molecular complexity index is 789. The molecule has 0 saturated carbocycles. The Morgan fingerprint density at radius 3 is 2.60 bits per heavy atom. The number of guanidine groups is 1. The second kappa shape index (κ2) is 11.7. The number of hydrogen-bond acceptors (Lipinski definition) is 4. The second-order valence-corrected chi connectivity index (χ2v) is 7.95. The number of hydrogen-bond donors (Lipinski definition) is 2. The second-order valence-electron chi connectivity index (χ2n) is 7.95. The van der Waals surface area contributed by atoms with E-state index < -0.39 is 0 Å². The van der Waals surface area contributed by atoms with Gasteiger partial charge in [-0.1, -0.05) is 24.3 Å². The maximum atomic E-state index is 5.71. The average Bonchev–Trinajstić information content (AvgIpc) is 3.47. The molecule has 1 aromatic carbocycles. The van der Waals surface area contributed by atoms with E-state index in [4.69, 9.17) is 4.42 Å². The number of fused-ring (bicyclic) bond motifs is 1. The Hall–Kier alpha value is -1.58. The van der Waals surface area contributed by atoms with Crippen molar-refractivity contribution in [2.45, 2.75) is 31.8 Å². The lowest BCUT2D eigenvalue weighted by molar-refractivity contribution is 0.215. The lowest BCUT2D eigenvalue weighted by Crippen LogP contribution is -2.45. The van der Waals surface area contributed by atoms with Gasteiger partial charge in [-0.15, -0.1) is 24.0 Å². The molecule has 0 spiro atoms. The molecule has 4 rings (SSSR count). The zero-order valence-electron chi connectivity index (χ0n) is 17.8. The predicted octanol–water partition coefficient (Wildman–Crippen LogP) is 3.26. The van der Waals surface area contributed by atoms with Gasteiger partial charge in [0.05, 0.1) is 12.3 Å². The summed E-state index contributed by atoms with van der Waals surface area (Å²) in [5.74, 6) is 1.89. The molecule has 1 fully saturated rings. The molecule has 164 valence electrons. The summed E-state index contributed by atoms with van der Waals surface area (Å²) in [6.07, 6.45) is 5.44. The van der Waals surface area contributed by atoms with Crippen LogP contribution < -0.4 is 10.6 Å². The third-order valence-corrected chi connectivity index (χ3v) is 6.07. The van der Waals surface area contributed by atoms with Gasteiger partial charge in [0, 0.05) is 39.8 Å². The molecule has 0 amide bonds. The van der Waals surface area contributed by atoms with E-state index in [1.165, 1.54) is 24.0 Å². The number of benzene rings is 1. The van der Waals surface area contributed by atoms with Gasteiger partial charge < -0.3 is 15.1 Å². The fraction of sp³-hybridized carbons (Fsp3) is 0.522. The first kappa shape index (κ1) is 23.1. The third-order valence-electron chi connectivity index (χ3n) is 6.07. The minimum absolute atomic E-state index is 0. The minimum Gasteiger partial charge on any atom is -0.468 e. The van der Waals surface area contributed by atoms with E-state index in [1.807, 2.05) is 13.1 Å². The Morgan fingerprint density at radius 2 is 1.87 bits per heavy atom. The van der Waals surface area contributed by atoms with E-state index in [-0.39, 0.29) is 30.0 Å². The van der Waals surface area contributed by atoms with Crippen LogP contribution in [-0.2, 0) is 13.0 Å². The highest BCUT2D eigenvalue weighted by atomic mass is 127. The molecule has 7 heteroatoms. The molecular formula is C23H34IN5O. The van der Waals surface area contributed by atoms with Crippen LogP contribution in [-0.4, -0.2) is 62.1 Å². The van der Waals surface area contributed by atoms with Gasteiger partial charge in [0.2, 0.25) is 0 Å². The highest BCUT2D eigenvalue weighted by Crippen LogP contribution is 2.24. The van der Waals surface area contributed by atoms with Crippen molar-refractivity contribution in [3.8, 4) is 0 Å². The summed E-state index contributed by atoms with van der Waals surface area (Å²) in [5.41, 5.74) is 2.97. The van der Waals surface area contributed by atoms with Gasteiger partial charge >= 0.3 is 0 Å². The van der Waals surface area contributed by atoms with E-state index in [1.54, 1.807) is 6.26 Å². The number of nitrogens with zero attached hydrogens (tertiary/aromatic N) is 3. The molecule has 2 N–H and O–H groups in total. The van der Waals surface area contributed by atoms with Crippen LogP contribution in [0.1, 0.15) is 35.8 Å². The molecule has 30 heavy (non-hydrogen) atoms. The van der Waals surface area contributed by atoms with Gasteiger partial charge in [-0.3, -0.25) is 14.8 Å². The molecular weight excluding hydrogens is 489 g/mol. The zero-order chi connectivity index (χ0) is 19.9. The van der Waals surface area contributed by atoms with Gasteiger partial charge in [0.1, 0.15) is 5.76 Å². The standard InChI is InChI=1S/C23H33N5O.HI/c1-24-23(25-11-15-27-14-10-19-7-2-3-8-20(19)18-27)26-17-21(22-9-6-16-29-22)28-12-4-5-13-28;/h2-3,6-9,16,21H,4-5,10-15,17-18H2,1H3,(H2,24,25,26);1H. The van der Waals surface area contributed by atoms with Crippen molar-refractivity contribution in [2.24, 2.45) is 4.99 Å². The van der Waals surface area contributed by atoms with E-state index in [0.29, 0.717) is 0 Å². The monoisotopic (exact) mass is 523 g/mol. The molecule has 1 aromatic heterocycles. The van der Waals surface area contributed by atoms with Crippen LogP contribution in [0.4, 0.5) is 0 Å². The Balaban J connectivity index is 0.00000256. The zero-order valence-corrected chi connectivity index (χ0v) is 20.2. The molecule has 3 heterocycles. The number of likely N-dealkylation sites (tertiary alicyclic amines) is 1. The lowest BCUT2D eigenvalue weighted by atomic mass is 10.00. The number of furan rings is 1. The number of halogens is 1. The first-order valence-corrected chi connectivity index (χ1v) is 10.8. The van der Waals surface area contributed by atoms with Crippen molar-refractivity contribution in [1.82, 2.24) is 20.4 Å². The lowest BCUT2D eigenvalue weighted by Gasteiger charge is -2.29. The molecule has 1 saturated heterocycles. The number of nitrogens with one attached hydrogen (secondary N) is 2. The fourth-order valence-corrected chi connectivity index (χ4v) is 4.44. The molecule has 1 atom stereocenters. The van der Waals surface area contributed by atoms with Crippen molar-refractivity contribution in [1.29, 1.82) is 0 Å². The molecule has 2 aliphatic heterocycles. The van der Waals surface area contributed by atoms with E-state index in [2.05, 4.69) is 55.8 Å². The van der Waals surface area contributed by atoms with Gasteiger partial charge in [0.25, 0.3) is 0 Å². The summed E-state index contributed by atoms with van der Waals surface area (Å²) in [6, 6.07) is 13.1. The highest BCUT2D eigenvalue weighted by Gasteiger charge is 2.25. The van der Waals surface area contributed by atoms with Crippen molar-refractivity contribution >= 4 is 29.9 Å². The van der Waals surface area contributed by atoms with Gasteiger partial charge in [-0.05, 0) is 55.6 Å². The Labute approximate surface area is 197 Å². The minimum atomic E-state index is 0. The van der Waals surface area contributed by atoms with Crippen LogP contribution in [0.5, 0.6) is 0 Å². The maximum absolute atomic E-state index is 5.71. The largest absolute Gasteiger partial charge is 0.468 e. The fourth-order valence-electron chi connectivity index (χ4n) is 4.44. The topological polar surface area (TPSA) is 56.0 Å². The molecule has 0 bridgehead atoms. The summed E-state index contributed by atoms with van der Waals surface area (Å²) in [5, 5.41) is 6.99. The van der Waals surface area contributed by atoms with Crippen molar-refractivity contribution in [3.63, 3.8) is 0 Å². The van der Waals surface area contributed by atoms with Gasteiger partial charge in [0.15, 0.2) is 5.96 Å². The molecule has 1 unspecified atom stereocenters. The third kappa shape index (κ3) is 5.98. The molecule has 0 radical (unpaired) electrons. The summed E-state index contributed by atoms with van der Waals surface area (Å²) in [6.45, 7) is 7.13. The van der Waals surface area contributed by atoms with Crippen LogP contribution in [0.3, 0.4) is 0 Å². The van der Waals surface area contributed by atoms with E-state index in [9.17, 15) is 0 Å². The van der Waals surface area contributed by atoms with E-state index >= 15 is 0 Å². The highest BCUT2D eigenvalue weighted by molar-refractivity contribution is 14.0. The van der Waals surface area contributed by atoms with Crippen LogP contribution in [0.25, 0.3) is 0 Å².